The summed E-state index contributed by atoms with van der Waals surface area (Å²) >= 11 is 0. The molecule has 17 nitrogen and oxygen atoms in total. The predicted octanol–water partition coefficient (Wildman–Crippen LogP) is 3.97. The van der Waals surface area contributed by atoms with E-state index >= 15 is 8.78 Å². The number of nitrogens with one attached hydrogen (secondary N) is 3. The maximum absolute atomic E-state index is 15.7. The lowest BCUT2D eigenvalue weighted by Gasteiger charge is -2.34. The van der Waals surface area contributed by atoms with E-state index < -0.39 is 63.5 Å². The highest BCUT2D eigenvalue weighted by atomic mass is 32.2. The molecule has 3 saturated heterocycles. The summed E-state index contributed by atoms with van der Waals surface area (Å²) in [6, 6.07) is 7.97. The van der Waals surface area contributed by atoms with Crippen molar-refractivity contribution in [2.24, 2.45) is 0 Å². The van der Waals surface area contributed by atoms with Gasteiger partial charge in [-0.05, 0) is 74.2 Å². The maximum atomic E-state index is 15.7. The summed E-state index contributed by atoms with van der Waals surface area (Å²) < 4.78 is 78.9. The minimum atomic E-state index is -4.37. The number of amides is 3. The van der Waals surface area contributed by atoms with Crippen LogP contribution in [0.3, 0.4) is 0 Å². The number of carbonyl (C=O) groups excluding carboxylic acids is 4. The standard InChI is InChI=1S/C43H43F3N10O7S/c44-28-9-11-55(24-28)64(61,62)52-34-6-5-33(45)37(38(34)46)39(58)32-22-48-40-31(32)18-25(19-47-40)27-20-49-43(50-21-27)54-14-12-53(13-15-54)10-1-2-16-63-29-3-4-30-26(17-29)23-56(42(30)60)35-7-8-36(57)51-41(35)59/h3-6,17-22,28,35,52H,1-2,7-16,23-24H2,(H,47,48)(H,51,57,59)/t28-,35?/m1/s1. The molecule has 334 valence electrons. The number of ketones is 1. The Kier molecular flexibility index (Phi) is 11.8. The van der Waals surface area contributed by atoms with Gasteiger partial charge in [-0.15, -0.1) is 0 Å². The highest BCUT2D eigenvalue weighted by Crippen LogP contribution is 2.32. The molecular weight excluding hydrogens is 858 g/mol. The van der Waals surface area contributed by atoms with Gasteiger partial charge in [-0.1, -0.05) is 0 Å². The first-order chi connectivity index (χ1) is 30.8. The SMILES string of the molecule is O=C1CCC(N2Cc3cc(OCCCCN4CCN(c5ncc(-c6cnc7[nH]cc(C(=O)c8c(F)ccc(NS(=O)(=O)N9CC[C@@H](F)C9)c8F)c7c6)cn5)CC4)ccc3C2=O)C(=O)N1. The van der Waals surface area contributed by atoms with Gasteiger partial charge in [-0.2, -0.15) is 12.7 Å². The third-order valence-electron chi connectivity index (χ3n) is 12.0. The first-order valence-electron chi connectivity index (χ1n) is 20.9. The van der Waals surface area contributed by atoms with Gasteiger partial charge in [0.25, 0.3) is 5.91 Å². The van der Waals surface area contributed by atoms with Crippen molar-refractivity contribution in [2.75, 3.05) is 62.0 Å². The molecule has 3 fully saturated rings. The molecule has 2 aromatic carbocycles. The smallest absolute Gasteiger partial charge is 0.301 e. The van der Waals surface area contributed by atoms with E-state index in [0.29, 0.717) is 61.1 Å². The molecule has 1 unspecified atom stereocenters. The molecular formula is C43H43F3N10O7S. The number of nitrogens with zero attached hydrogens (tertiary/aromatic N) is 7. The van der Waals surface area contributed by atoms with Crippen molar-refractivity contribution in [3.63, 3.8) is 0 Å². The van der Waals surface area contributed by atoms with E-state index in [1.54, 1.807) is 36.8 Å². The fourth-order valence-corrected chi connectivity index (χ4v) is 9.77. The van der Waals surface area contributed by atoms with Crippen molar-refractivity contribution < 1.29 is 45.5 Å². The second-order valence-electron chi connectivity index (χ2n) is 16.2. The number of ether oxygens (including phenoxy) is 1. The largest absolute Gasteiger partial charge is 0.494 e. The molecule has 2 atom stereocenters. The average molecular weight is 901 g/mol. The van der Waals surface area contributed by atoms with E-state index in [0.717, 1.165) is 54.5 Å². The van der Waals surface area contributed by atoms with Crippen LogP contribution in [0.1, 0.15) is 63.9 Å². The van der Waals surface area contributed by atoms with Gasteiger partial charge in [0.1, 0.15) is 29.4 Å². The zero-order valence-corrected chi connectivity index (χ0v) is 35.2. The van der Waals surface area contributed by atoms with Crippen molar-refractivity contribution >= 4 is 56.4 Å². The van der Waals surface area contributed by atoms with E-state index in [1.807, 2.05) is 10.8 Å². The lowest BCUT2D eigenvalue weighted by molar-refractivity contribution is -0.136. The third kappa shape index (κ3) is 8.61. The van der Waals surface area contributed by atoms with Gasteiger partial charge >= 0.3 is 10.2 Å². The molecule has 0 bridgehead atoms. The minimum absolute atomic E-state index is 0.00691. The van der Waals surface area contributed by atoms with Crippen LogP contribution in [0.4, 0.5) is 24.8 Å². The Morgan fingerprint density at radius 1 is 0.922 bits per heavy atom. The normalized spacial score (nSPS) is 19.6. The molecule has 7 heterocycles. The van der Waals surface area contributed by atoms with Crippen LogP contribution in [0.15, 0.2) is 61.2 Å². The van der Waals surface area contributed by atoms with Gasteiger partial charge < -0.3 is 19.5 Å². The number of hydrogen-bond acceptors (Lipinski definition) is 12. The van der Waals surface area contributed by atoms with Crippen molar-refractivity contribution in [1.82, 2.24) is 39.4 Å². The Hall–Kier alpha value is -6.45. The number of imide groups is 1. The van der Waals surface area contributed by atoms with Crippen LogP contribution in [-0.2, 0) is 26.3 Å². The second kappa shape index (κ2) is 17.6. The summed E-state index contributed by atoms with van der Waals surface area (Å²) in [4.78, 5) is 73.0. The number of aromatic amines is 1. The number of halogens is 3. The number of rotatable bonds is 14. The highest BCUT2D eigenvalue weighted by Gasteiger charge is 2.39. The number of H-pyrrole nitrogens is 1. The molecule has 0 aliphatic carbocycles. The molecule has 4 aliphatic rings. The third-order valence-corrected chi connectivity index (χ3v) is 13.5. The first-order valence-corrected chi connectivity index (χ1v) is 22.4. The molecule has 64 heavy (non-hydrogen) atoms. The lowest BCUT2D eigenvalue weighted by Crippen LogP contribution is -2.52. The molecule has 4 aliphatic heterocycles. The van der Waals surface area contributed by atoms with Gasteiger partial charge in [0.2, 0.25) is 23.5 Å². The molecule has 21 heteroatoms. The number of unbranched alkanes of at least 4 members (excludes halogenated alkanes) is 1. The summed E-state index contributed by atoms with van der Waals surface area (Å²) in [7, 11) is -4.37. The molecule has 0 radical (unpaired) electrons. The maximum Gasteiger partial charge on any atom is 0.301 e. The Morgan fingerprint density at radius 2 is 1.70 bits per heavy atom. The molecule has 0 saturated carbocycles. The van der Waals surface area contributed by atoms with Crippen molar-refractivity contribution in [3.8, 4) is 16.9 Å². The van der Waals surface area contributed by atoms with Gasteiger partial charge in [-0.3, -0.25) is 34.1 Å². The highest BCUT2D eigenvalue weighted by molar-refractivity contribution is 7.90. The Balaban J connectivity index is 0.759. The van der Waals surface area contributed by atoms with Gasteiger partial charge in [0, 0.05) is 105 Å². The summed E-state index contributed by atoms with van der Waals surface area (Å²) in [5.41, 5.74) is 1.05. The van der Waals surface area contributed by atoms with E-state index in [4.69, 9.17) is 4.74 Å². The average Bonchev–Trinajstić information content (AvgIpc) is 4.01. The minimum Gasteiger partial charge on any atom is -0.494 e. The number of anilines is 2. The zero-order chi connectivity index (χ0) is 44.7. The number of benzene rings is 2. The summed E-state index contributed by atoms with van der Waals surface area (Å²) in [6.07, 6.45) is 7.01. The number of fused-ring (bicyclic) bond motifs is 2. The summed E-state index contributed by atoms with van der Waals surface area (Å²) in [5.74, 6) is -3.41. The molecule has 3 amide bonds. The molecule has 9 rings (SSSR count). The second-order valence-corrected chi connectivity index (χ2v) is 17.8. The number of hydrogen-bond donors (Lipinski definition) is 3. The van der Waals surface area contributed by atoms with Crippen LogP contribution < -0.4 is 19.7 Å². The lowest BCUT2D eigenvalue weighted by atomic mass is 10.0. The molecule has 3 N–H and O–H groups in total. The van der Waals surface area contributed by atoms with E-state index in [2.05, 4.69) is 35.1 Å². The van der Waals surface area contributed by atoms with Gasteiger partial charge in [0.05, 0.1) is 17.9 Å². The van der Waals surface area contributed by atoms with Gasteiger partial charge in [-0.25, -0.2) is 28.1 Å². The van der Waals surface area contributed by atoms with Crippen LogP contribution in [0.2, 0.25) is 0 Å². The Labute approximate surface area is 365 Å². The van der Waals surface area contributed by atoms with Crippen molar-refractivity contribution in [2.45, 2.75) is 50.9 Å². The van der Waals surface area contributed by atoms with Gasteiger partial charge in [0.15, 0.2) is 5.82 Å². The van der Waals surface area contributed by atoms with Crippen molar-refractivity contribution in [3.05, 3.63) is 95.1 Å². The zero-order valence-electron chi connectivity index (χ0n) is 34.4. The van der Waals surface area contributed by atoms with Crippen LogP contribution in [0, 0.1) is 11.6 Å². The number of aromatic nitrogens is 4. The van der Waals surface area contributed by atoms with Crippen LogP contribution in [-0.4, -0.2) is 131 Å². The fraction of sp³-hybridized carbons (Fsp3) is 0.372. The van der Waals surface area contributed by atoms with E-state index in [-0.39, 0.29) is 47.8 Å². The van der Waals surface area contributed by atoms with Crippen LogP contribution in [0.5, 0.6) is 5.75 Å². The molecule has 5 aromatic rings. The number of pyridine rings is 1. The van der Waals surface area contributed by atoms with E-state index in [1.165, 1.54) is 11.1 Å². The molecule has 3 aromatic heterocycles. The fourth-order valence-electron chi connectivity index (χ4n) is 8.51. The van der Waals surface area contributed by atoms with Crippen LogP contribution >= 0.6 is 0 Å². The Morgan fingerprint density at radius 3 is 2.45 bits per heavy atom. The quantitative estimate of drug-likeness (QED) is 0.0824. The Bertz CT molecular complexity index is 2770. The van der Waals surface area contributed by atoms with Crippen LogP contribution in [0.25, 0.3) is 22.2 Å². The number of piperazine rings is 1. The monoisotopic (exact) mass is 900 g/mol. The predicted molar refractivity (Wildman–Crippen MR) is 226 cm³/mol. The summed E-state index contributed by atoms with van der Waals surface area (Å²) in [5, 5.41) is 2.59. The molecule has 0 spiro atoms. The number of piperidine rings is 1. The number of alkyl halides is 1. The first kappa shape index (κ1) is 42.8. The van der Waals surface area contributed by atoms with Crippen molar-refractivity contribution in [1.29, 1.82) is 0 Å². The van der Waals surface area contributed by atoms with E-state index in [9.17, 15) is 32.0 Å². The number of carbonyl (C=O) groups is 4. The summed E-state index contributed by atoms with van der Waals surface area (Å²) in [6.45, 7) is 4.24. The topological polar surface area (TPSA) is 203 Å².